The van der Waals surface area contributed by atoms with Crippen LogP contribution in [0.2, 0.25) is 0 Å². The summed E-state index contributed by atoms with van der Waals surface area (Å²) in [6.07, 6.45) is 5.66. The van der Waals surface area contributed by atoms with Crippen LogP contribution in [0.5, 0.6) is 0 Å². The summed E-state index contributed by atoms with van der Waals surface area (Å²) in [4.78, 5) is 51.1. The molecule has 10 nitrogen and oxygen atoms in total. The molecule has 2 heterocycles. The fourth-order valence-corrected chi connectivity index (χ4v) is 10.00. The number of hydrogen-bond acceptors (Lipinski definition) is 5. The van der Waals surface area contributed by atoms with Gasteiger partial charge in [-0.3, -0.25) is 9.59 Å². The lowest BCUT2D eigenvalue weighted by atomic mass is 9.95. The highest BCUT2D eigenvalue weighted by Crippen LogP contribution is 2.32. The van der Waals surface area contributed by atoms with Crippen LogP contribution in [0.3, 0.4) is 0 Å². The maximum atomic E-state index is 13.1. The van der Waals surface area contributed by atoms with Crippen LogP contribution in [0.4, 0.5) is 0 Å². The van der Waals surface area contributed by atoms with E-state index in [0.29, 0.717) is 35.3 Å². The molecule has 0 spiro atoms. The second-order valence-electron chi connectivity index (χ2n) is 20.3. The number of aromatic nitrogens is 2. The number of ether oxygens (including phenoxy) is 1. The molecule has 2 unspecified atom stereocenters. The topological polar surface area (TPSA) is 132 Å². The van der Waals surface area contributed by atoms with E-state index in [2.05, 4.69) is 39.7 Å². The third kappa shape index (κ3) is 12.5. The number of fused-ring (bicyclic) bond motifs is 2. The molecule has 2 amide bonds. The predicted molar refractivity (Wildman–Crippen MR) is 312 cm³/mol. The van der Waals surface area contributed by atoms with Gasteiger partial charge in [-0.2, -0.15) is 0 Å². The molecule has 392 valence electrons. The van der Waals surface area contributed by atoms with Crippen molar-refractivity contribution in [2.45, 2.75) is 78.2 Å². The smallest absolute Gasteiger partial charge is 0.339 e. The second-order valence-corrected chi connectivity index (χ2v) is 20.3. The minimum Gasteiger partial charge on any atom is -0.478 e. The van der Waals surface area contributed by atoms with Crippen molar-refractivity contribution < 1.29 is 29.0 Å². The van der Waals surface area contributed by atoms with E-state index >= 15 is 0 Å². The molecule has 0 saturated carbocycles. The fourth-order valence-electron chi connectivity index (χ4n) is 10.00. The lowest BCUT2D eigenvalue weighted by Gasteiger charge is -2.21. The molecule has 0 saturated heterocycles. The summed E-state index contributed by atoms with van der Waals surface area (Å²) in [7, 11) is 0. The number of nitrogens with zero attached hydrogens (tertiary/aromatic N) is 2. The molecule has 0 bridgehead atoms. The van der Waals surface area contributed by atoms with Crippen LogP contribution in [0.25, 0.3) is 44.1 Å². The largest absolute Gasteiger partial charge is 0.478 e. The number of carbonyl (C=O) groups is 4. The van der Waals surface area contributed by atoms with Crippen molar-refractivity contribution in [1.82, 2.24) is 19.8 Å². The Balaban J connectivity index is 0.000000191. The van der Waals surface area contributed by atoms with Gasteiger partial charge in [0, 0.05) is 58.4 Å². The Labute approximate surface area is 456 Å². The van der Waals surface area contributed by atoms with Crippen LogP contribution in [0, 0.1) is 0 Å². The van der Waals surface area contributed by atoms with Crippen molar-refractivity contribution >= 4 is 45.6 Å². The van der Waals surface area contributed by atoms with E-state index < -0.39 is 11.6 Å². The molecule has 10 aromatic rings. The predicted octanol–water partition coefficient (Wildman–Crippen LogP) is 15.1. The van der Waals surface area contributed by atoms with Crippen molar-refractivity contribution in [2.75, 3.05) is 0 Å². The maximum Gasteiger partial charge on any atom is 0.339 e. The molecule has 0 aliphatic carbocycles. The minimum absolute atomic E-state index is 0.0379. The number of hydrogen-bond donors (Lipinski definition) is 3. The van der Waals surface area contributed by atoms with Crippen molar-refractivity contribution in [3.63, 3.8) is 0 Å². The Bertz CT molecular complexity index is 3740. The first-order valence-electron chi connectivity index (χ1n) is 26.5. The number of rotatable bonds is 16. The summed E-state index contributed by atoms with van der Waals surface area (Å²) in [6.45, 7) is 10.9. The first-order valence-corrected chi connectivity index (χ1v) is 26.5. The van der Waals surface area contributed by atoms with Crippen LogP contribution < -0.4 is 10.6 Å². The number of benzene rings is 8. The first-order chi connectivity index (χ1) is 37.8. The Morgan fingerprint density at radius 1 is 0.474 bits per heavy atom. The normalized spacial score (nSPS) is 12.0. The van der Waals surface area contributed by atoms with Crippen LogP contribution >= 0.6 is 0 Å². The number of aromatic carboxylic acids is 1. The zero-order chi connectivity index (χ0) is 54.8. The van der Waals surface area contributed by atoms with Gasteiger partial charge in [0.15, 0.2) is 0 Å². The van der Waals surface area contributed by atoms with E-state index in [4.69, 9.17) is 4.74 Å². The molecule has 8 aromatic carbocycles. The molecular weight excluding hydrogens is 969 g/mol. The van der Waals surface area contributed by atoms with Gasteiger partial charge in [0.05, 0.1) is 23.2 Å². The van der Waals surface area contributed by atoms with E-state index in [1.165, 1.54) is 0 Å². The molecule has 0 radical (unpaired) electrons. The molecule has 2 aromatic heterocycles. The summed E-state index contributed by atoms with van der Waals surface area (Å²) >= 11 is 0. The Kier molecular flexibility index (Phi) is 16.6. The van der Waals surface area contributed by atoms with Gasteiger partial charge in [-0.05, 0) is 139 Å². The molecular formula is C68H64N4O6. The molecule has 78 heavy (non-hydrogen) atoms. The zero-order valence-electron chi connectivity index (χ0n) is 44.7. The fraction of sp³-hybridized carbons (Fsp3) is 0.176. The highest BCUT2D eigenvalue weighted by molar-refractivity contribution is 6.00. The average Bonchev–Trinajstić information content (AvgIpc) is 4.09. The van der Waals surface area contributed by atoms with Crippen molar-refractivity contribution in [1.29, 1.82) is 0 Å². The summed E-state index contributed by atoms with van der Waals surface area (Å²) in [5.41, 5.74) is 11.3. The highest BCUT2D eigenvalue weighted by Gasteiger charge is 2.23. The average molecular weight is 1030 g/mol. The molecule has 10 heteroatoms. The van der Waals surface area contributed by atoms with E-state index in [9.17, 15) is 24.3 Å². The molecule has 3 N–H and O–H groups in total. The maximum absolute atomic E-state index is 13.1. The van der Waals surface area contributed by atoms with Crippen LogP contribution in [-0.4, -0.2) is 43.6 Å². The highest BCUT2D eigenvalue weighted by atomic mass is 16.6. The SMILES string of the molecule is CCC(NC(=O)c1ccc2c(ccn2Cc2ccccc2-c2ccccc2C(=O)O)c1)c1ccccc1.CCC(NC(=O)c1ccc2c(ccn2Cc2ccccc2-c2ccccc2C(=O)OC(C)(C)C)c1)c1ccccc1. The van der Waals surface area contributed by atoms with Gasteiger partial charge in [0.25, 0.3) is 11.8 Å². The molecule has 0 aliphatic rings. The summed E-state index contributed by atoms with van der Waals surface area (Å²) in [5, 5.41) is 18.0. The Hall–Kier alpha value is -9.28. The first kappa shape index (κ1) is 53.5. The number of nitrogens with one attached hydrogen (secondary N) is 2. The molecule has 10 rings (SSSR count). The van der Waals surface area contributed by atoms with Crippen LogP contribution in [0.15, 0.2) is 219 Å². The quantitative estimate of drug-likeness (QED) is 0.0826. The van der Waals surface area contributed by atoms with Crippen molar-refractivity contribution in [2.24, 2.45) is 0 Å². The third-order valence-corrected chi connectivity index (χ3v) is 13.9. The monoisotopic (exact) mass is 1030 g/mol. The van der Waals surface area contributed by atoms with Gasteiger partial charge < -0.3 is 29.6 Å². The van der Waals surface area contributed by atoms with Crippen molar-refractivity contribution in [3.05, 3.63) is 263 Å². The summed E-state index contributed by atoms with van der Waals surface area (Å²) in [5.74, 6) is -1.46. The second kappa shape index (κ2) is 24.2. The van der Waals surface area contributed by atoms with Gasteiger partial charge in [0.2, 0.25) is 0 Å². The molecule has 2 atom stereocenters. The Morgan fingerprint density at radius 2 is 0.859 bits per heavy atom. The molecule has 0 aliphatic heterocycles. The van der Waals surface area contributed by atoms with Gasteiger partial charge in [-0.15, -0.1) is 0 Å². The summed E-state index contributed by atoms with van der Waals surface area (Å²) in [6, 6.07) is 66.3. The standard InChI is InChI=1S/C36H36N2O3.C32H28N2O3/c1-5-32(25-13-7-6-8-14-25)37-34(39)27-19-20-33-26(23-27)21-22-38(33)24-28-15-9-10-16-29(28)30-17-11-12-18-31(30)35(40)41-36(2,3)4;1-2-29(22-10-4-3-5-11-22)33-31(35)24-16-17-30-23(20-24)18-19-34(30)21-25-12-6-7-13-26(25)27-14-8-9-15-28(27)32(36)37/h6-23,32H,5,24H2,1-4H3,(H,37,39);3-20,29H,2,21H2,1H3,(H,33,35)(H,36,37). The van der Waals surface area contributed by atoms with Gasteiger partial charge in [-0.1, -0.05) is 159 Å². The van der Waals surface area contributed by atoms with E-state index in [0.717, 1.165) is 73.6 Å². The summed E-state index contributed by atoms with van der Waals surface area (Å²) < 4.78 is 9.99. The van der Waals surface area contributed by atoms with Gasteiger partial charge in [0.1, 0.15) is 5.60 Å². The number of carboxylic acids is 1. The number of amides is 2. The van der Waals surface area contributed by atoms with Gasteiger partial charge >= 0.3 is 11.9 Å². The van der Waals surface area contributed by atoms with Crippen molar-refractivity contribution in [3.8, 4) is 22.3 Å². The molecule has 0 fully saturated rings. The van der Waals surface area contributed by atoms with Gasteiger partial charge in [-0.25, -0.2) is 9.59 Å². The zero-order valence-corrected chi connectivity index (χ0v) is 44.7. The van der Waals surface area contributed by atoms with E-state index in [-0.39, 0.29) is 35.4 Å². The Morgan fingerprint density at radius 3 is 1.28 bits per heavy atom. The van der Waals surface area contributed by atoms with Crippen LogP contribution in [0.1, 0.15) is 123 Å². The lowest BCUT2D eigenvalue weighted by molar-refractivity contribution is 0.00699. The van der Waals surface area contributed by atoms with E-state index in [1.54, 1.807) is 12.1 Å². The number of carboxylic acid groups (broad SMARTS) is 1. The minimum atomic E-state index is -0.944. The number of carbonyl (C=O) groups excluding carboxylic acids is 3. The third-order valence-electron chi connectivity index (χ3n) is 13.9. The lowest BCUT2D eigenvalue weighted by Crippen LogP contribution is -2.28. The van der Waals surface area contributed by atoms with Crippen LogP contribution in [-0.2, 0) is 17.8 Å². The van der Waals surface area contributed by atoms with E-state index in [1.807, 2.05) is 221 Å². The number of esters is 1.